The van der Waals surface area contributed by atoms with Gasteiger partial charge in [0.15, 0.2) is 0 Å². The fourth-order valence-corrected chi connectivity index (χ4v) is 2.64. The van der Waals surface area contributed by atoms with E-state index in [1.165, 1.54) is 0 Å². The molecule has 0 radical (unpaired) electrons. The Balaban J connectivity index is 2.00. The molecule has 0 unspecified atom stereocenters. The molecule has 2 aromatic heterocycles. The van der Waals surface area contributed by atoms with Gasteiger partial charge in [-0.1, -0.05) is 24.3 Å². The SMILES string of the molecule is Nc1cc(-c2ccc(O)cc2)cc2nc3ccccc3n12. The third-order valence-corrected chi connectivity index (χ3v) is 3.63. The highest BCUT2D eigenvalue weighted by Gasteiger charge is 2.09. The van der Waals surface area contributed by atoms with Crippen molar-refractivity contribution in [2.24, 2.45) is 0 Å². The van der Waals surface area contributed by atoms with E-state index in [-0.39, 0.29) is 5.75 Å². The maximum atomic E-state index is 9.38. The zero-order valence-electron chi connectivity index (χ0n) is 11.2. The van der Waals surface area contributed by atoms with Crippen molar-refractivity contribution in [3.05, 3.63) is 60.7 Å². The molecule has 0 aliphatic rings. The maximum absolute atomic E-state index is 9.38. The molecular formula is C17H13N3O. The van der Waals surface area contributed by atoms with Gasteiger partial charge in [-0.25, -0.2) is 4.98 Å². The number of pyridine rings is 1. The lowest BCUT2D eigenvalue weighted by Gasteiger charge is -2.06. The summed E-state index contributed by atoms with van der Waals surface area (Å²) in [6.07, 6.45) is 0. The number of fused-ring (bicyclic) bond motifs is 3. The molecule has 0 fully saturated rings. The molecule has 0 saturated heterocycles. The summed E-state index contributed by atoms with van der Waals surface area (Å²) in [5.74, 6) is 0.892. The first-order valence-electron chi connectivity index (χ1n) is 6.68. The Morgan fingerprint density at radius 2 is 1.67 bits per heavy atom. The Morgan fingerprint density at radius 3 is 2.48 bits per heavy atom. The van der Waals surface area contributed by atoms with E-state index in [4.69, 9.17) is 5.73 Å². The smallest absolute Gasteiger partial charge is 0.140 e. The Labute approximate surface area is 121 Å². The van der Waals surface area contributed by atoms with Crippen molar-refractivity contribution in [2.75, 3.05) is 5.73 Å². The summed E-state index contributed by atoms with van der Waals surface area (Å²) in [4.78, 5) is 4.61. The highest BCUT2D eigenvalue weighted by Crippen LogP contribution is 2.28. The van der Waals surface area contributed by atoms with Crippen molar-refractivity contribution < 1.29 is 5.11 Å². The van der Waals surface area contributed by atoms with Crippen molar-refractivity contribution in [3.8, 4) is 16.9 Å². The molecule has 0 aliphatic heterocycles. The Kier molecular flexibility index (Phi) is 2.38. The highest BCUT2D eigenvalue weighted by molar-refractivity contribution is 5.84. The first-order valence-corrected chi connectivity index (χ1v) is 6.68. The number of imidazole rings is 1. The van der Waals surface area contributed by atoms with E-state index < -0.39 is 0 Å². The number of nitrogens with two attached hydrogens (primary N) is 1. The number of nitrogens with zero attached hydrogens (tertiary/aromatic N) is 2. The second-order valence-corrected chi connectivity index (χ2v) is 5.01. The number of aromatic nitrogens is 2. The van der Waals surface area contributed by atoms with Gasteiger partial charge >= 0.3 is 0 Å². The van der Waals surface area contributed by atoms with Gasteiger partial charge in [-0.2, -0.15) is 0 Å². The van der Waals surface area contributed by atoms with Gasteiger partial charge in [0.05, 0.1) is 11.0 Å². The summed E-state index contributed by atoms with van der Waals surface area (Å²) >= 11 is 0. The number of phenols is 1. The Bertz CT molecular complexity index is 955. The molecule has 4 rings (SSSR count). The van der Waals surface area contributed by atoms with Crippen molar-refractivity contribution in [1.29, 1.82) is 0 Å². The van der Waals surface area contributed by atoms with Gasteiger partial charge in [0.2, 0.25) is 0 Å². The van der Waals surface area contributed by atoms with Gasteiger partial charge in [0.1, 0.15) is 17.2 Å². The molecule has 0 spiro atoms. The van der Waals surface area contributed by atoms with Crippen LogP contribution < -0.4 is 5.73 Å². The minimum Gasteiger partial charge on any atom is -0.508 e. The van der Waals surface area contributed by atoms with Crippen LogP contribution in [0, 0.1) is 0 Å². The molecule has 0 atom stereocenters. The Hall–Kier alpha value is -3.01. The summed E-state index contributed by atoms with van der Waals surface area (Å²) < 4.78 is 1.94. The van der Waals surface area contributed by atoms with E-state index in [0.717, 1.165) is 27.8 Å². The van der Waals surface area contributed by atoms with E-state index >= 15 is 0 Å². The lowest BCUT2D eigenvalue weighted by atomic mass is 10.1. The molecule has 0 saturated carbocycles. The van der Waals surface area contributed by atoms with Crippen molar-refractivity contribution in [2.45, 2.75) is 0 Å². The standard InChI is InChI=1S/C17H13N3O/c18-16-9-12(11-5-7-13(21)8-6-11)10-17-19-14-3-1-2-4-15(14)20(16)17/h1-10,21H,18H2. The third-order valence-electron chi connectivity index (χ3n) is 3.63. The van der Waals surface area contributed by atoms with E-state index in [9.17, 15) is 5.11 Å². The van der Waals surface area contributed by atoms with Crippen LogP contribution in [0.1, 0.15) is 0 Å². The number of para-hydroxylation sites is 2. The number of hydrogen-bond acceptors (Lipinski definition) is 3. The molecule has 102 valence electrons. The topological polar surface area (TPSA) is 63.5 Å². The normalized spacial score (nSPS) is 11.2. The third kappa shape index (κ3) is 1.80. The Morgan fingerprint density at radius 1 is 0.905 bits per heavy atom. The second-order valence-electron chi connectivity index (χ2n) is 5.01. The van der Waals surface area contributed by atoms with Crippen LogP contribution in [0.5, 0.6) is 5.75 Å². The van der Waals surface area contributed by atoms with Crippen LogP contribution in [0.25, 0.3) is 27.8 Å². The molecular weight excluding hydrogens is 262 g/mol. The number of phenolic OH excluding ortho intramolecular Hbond substituents is 1. The summed E-state index contributed by atoms with van der Waals surface area (Å²) in [6, 6.07) is 18.9. The number of rotatable bonds is 1. The van der Waals surface area contributed by atoms with Crippen molar-refractivity contribution in [1.82, 2.24) is 9.38 Å². The van der Waals surface area contributed by atoms with E-state index in [1.807, 2.05) is 52.9 Å². The van der Waals surface area contributed by atoms with Crippen LogP contribution in [0.15, 0.2) is 60.7 Å². The molecule has 0 amide bonds. The zero-order chi connectivity index (χ0) is 14.4. The van der Waals surface area contributed by atoms with Gasteiger partial charge < -0.3 is 10.8 Å². The summed E-state index contributed by atoms with van der Waals surface area (Å²) in [7, 11) is 0. The lowest BCUT2D eigenvalue weighted by Crippen LogP contribution is -1.97. The van der Waals surface area contributed by atoms with E-state index in [2.05, 4.69) is 4.98 Å². The molecule has 0 aliphatic carbocycles. The summed E-state index contributed by atoms with van der Waals surface area (Å²) in [5, 5.41) is 9.38. The quantitative estimate of drug-likeness (QED) is 0.559. The van der Waals surface area contributed by atoms with Gasteiger partial charge in [0, 0.05) is 0 Å². The molecule has 2 heterocycles. The van der Waals surface area contributed by atoms with Crippen LogP contribution in [-0.4, -0.2) is 14.5 Å². The van der Waals surface area contributed by atoms with Crippen LogP contribution in [-0.2, 0) is 0 Å². The monoisotopic (exact) mass is 275 g/mol. The first-order chi connectivity index (χ1) is 10.2. The molecule has 3 N–H and O–H groups in total. The molecule has 0 bridgehead atoms. The minimum absolute atomic E-state index is 0.249. The molecule has 4 aromatic rings. The first kappa shape index (κ1) is 11.8. The van der Waals surface area contributed by atoms with Crippen molar-refractivity contribution >= 4 is 22.5 Å². The van der Waals surface area contributed by atoms with Gasteiger partial charge in [-0.3, -0.25) is 4.40 Å². The van der Waals surface area contributed by atoms with E-state index in [1.54, 1.807) is 12.1 Å². The zero-order valence-corrected chi connectivity index (χ0v) is 11.2. The summed E-state index contributed by atoms with van der Waals surface area (Å²) in [6.45, 7) is 0. The lowest BCUT2D eigenvalue weighted by molar-refractivity contribution is 0.475. The maximum Gasteiger partial charge on any atom is 0.140 e. The predicted molar refractivity (Wildman–Crippen MR) is 84.2 cm³/mol. The number of nitrogen functional groups attached to an aromatic ring is 1. The summed E-state index contributed by atoms with van der Waals surface area (Å²) in [5.41, 5.74) is 10.9. The van der Waals surface area contributed by atoms with Crippen molar-refractivity contribution in [3.63, 3.8) is 0 Å². The number of hydrogen-bond donors (Lipinski definition) is 2. The van der Waals surface area contributed by atoms with Gasteiger partial charge in [-0.05, 0) is 47.5 Å². The van der Waals surface area contributed by atoms with Crippen LogP contribution in [0.4, 0.5) is 5.82 Å². The minimum atomic E-state index is 0.249. The van der Waals surface area contributed by atoms with Crippen LogP contribution in [0.3, 0.4) is 0 Å². The van der Waals surface area contributed by atoms with Gasteiger partial charge in [-0.15, -0.1) is 0 Å². The van der Waals surface area contributed by atoms with Crippen LogP contribution >= 0.6 is 0 Å². The largest absolute Gasteiger partial charge is 0.508 e. The fraction of sp³-hybridized carbons (Fsp3) is 0. The van der Waals surface area contributed by atoms with Crippen LogP contribution in [0.2, 0.25) is 0 Å². The molecule has 4 heteroatoms. The second kappa shape index (κ2) is 4.24. The molecule has 21 heavy (non-hydrogen) atoms. The number of aromatic hydroxyl groups is 1. The van der Waals surface area contributed by atoms with E-state index in [0.29, 0.717) is 5.82 Å². The predicted octanol–water partition coefficient (Wildman–Crippen LogP) is 3.44. The average Bonchev–Trinajstić information content (AvgIpc) is 2.86. The number of benzene rings is 2. The highest BCUT2D eigenvalue weighted by atomic mass is 16.3. The fourth-order valence-electron chi connectivity index (χ4n) is 2.64. The number of anilines is 1. The molecule has 4 nitrogen and oxygen atoms in total. The average molecular weight is 275 g/mol. The molecule has 2 aromatic carbocycles. The van der Waals surface area contributed by atoms with Gasteiger partial charge in [0.25, 0.3) is 0 Å².